The van der Waals surface area contributed by atoms with Crippen LogP contribution in [0.15, 0.2) is 42.6 Å². The molecule has 126 valence electrons. The quantitative estimate of drug-likeness (QED) is 0.938. The van der Waals surface area contributed by atoms with Crippen molar-refractivity contribution in [1.29, 1.82) is 0 Å². The van der Waals surface area contributed by atoms with Crippen molar-refractivity contribution in [2.45, 2.75) is 19.8 Å². The highest BCUT2D eigenvalue weighted by atomic mass is 16.5. The van der Waals surface area contributed by atoms with E-state index in [-0.39, 0.29) is 5.91 Å². The van der Waals surface area contributed by atoms with Gasteiger partial charge in [0.2, 0.25) is 0 Å². The summed E-state index contributed by atoms with van der Waals surface area (Å²) in [7, 11) is 0. The van der Waals surface area contributed by atoms with Crippen molar-refractivity contribution in [1.82, 2.24) is 9.88 Å². The molecule has 5 nitrogen and oxygen atoms in total. The second kappa shape index (κ2) is 7.34. The first-order valence-electron chi connectivity index (χ1n) is 8.32. The average molecular weight is 325 g/mol. The van der Waals surface area contributed by atoms with Crippen molar-refractivity contribution < 1.29 is 9.53 Å². The first-order chi connectivity index (χ1) is 11.6. The summed E-state index contributed by atoms with van der Waals surface area (Å²) < 4.78 is 5.88. The van der Waals surface area contributed by atoms with E-state index in [0.29, 0.717) is 30.5 Å². The maximum atomic E-state index is 12.6. The van der Waals surface area contributed by atoms with Gasteiger partial charge in [-0.15, -0.1) is 0 Å². The Morgan fingerprint density at radius 2 is 2.12 bits per heavy atom. The van der Waals surface area contributed by atoms with Gasteiger partial charge < -0.3 is 15.4 Å². The molecule has 0 spiro atoms. The molecule has 1 aliphatic rings. The van der Waals surface area contributed by atoms with Crippen LogP contribution in [0.3, 0.4) is 0 Å². The molecule has 0 saturated carbocycles. The summed E-state index contributed by atoms with van der Waals surface area (Å²) in [5.74, 6) is 1.16. The average Bonchev–Trinajstić information content (AvgIpc) is 2.61. The topological polar surface area (TPSA) is 68.5 Å². The first-order valence-corrected chi connectivity index (χ1v) is 8.32. The van der Waals surface area contributed by atoms with Crippen LogP contribution in [-0.4, -0.2) is 35.5 Å². The molecule has 2 N–H and O–H groups in total. The summed E-state index contributed by atoms with van der Waals surface area (Å²) in [6.07, 6.45) is 3.63. The van der Waals surface area contributed by atoms with Crippen molar-refractivity contribution in [2.75, 3.05) is 25.4 Å². The number of aryl methyl sites for hydroxylation is 1. The zero-order valence-electron chi connectivity index (χ0n) is 13.9. The third-order valence-corrected chi connectivity index (χ3v) is 4.32. The van der Waals surface area contributed by atoms with Crippen molar-refractivity contribution in [2.24, 2.45) is 5.92 Å². The number of anilines is 1. The third-order valence-electron chi connectivity index (χ3n) is 4.32. The van der Waals surface area contributed by atoms with Gasteiger partial charge in [-0.25, -0.2) is 0 Å². The lowest BCUT2D eigenvalue weighted by molar-refractivity contribution is 0.0627. The molecule has 1 saturated heterocycles. The zero-order chi connectivity index (χ0) is 16.9. The third kappa shape index (κ3) is 4.04. The fourth-order valence-electron chi connectivity index (χ4n) is 2.96. The minimum Gasteiger partial charge on any atom is -0.493 e. The number of hydrogen-bond donors (Lipinski definition) is 1. The van der Waals surface area contributed by atoms with Crippen molar-refractivity contribution in [3.05, 3.63) is 53.9 Å². The van der Waals surface area contributed by atoms with E-state index in [1.54, 1.807) is 18.3 Å². The van der Waals surface area contributed by atoms with Gasteiger partial charge in [0.25, 0.3) is 5.91 Å². The molecule has 1 aliphatic heterocycles. The Bertz CT molecular complexity index is 700. The van der Waals surface area contributed by atoms with Gasteiger partial charge in [-0.3, -0.25) is 9.78 Å². The Morgan fingerprint density at radius 3 is 2.88 bits per heavy atom. The predicted molar refractivity (Wildman–Crippen MR) is 94.0 cm³/mol. The number of likely N-dealkylation sites (tertiary alicyclic amines) is 1. The lowest BCUT2D eigenvalue weighted by Gasteiger charge is -2.32. The summed E-state index contributed by atoms with van der Waals surface area (Å²) in [5, 5.41) is 0. The van der Waals surface area contributed by atoms with Crippen LogP contribution in [-0.2, 0) is 0 Å². The molecule has 3 rings (SSSR count). The highest BCUT2D eigenvalue weighted by Gasteiger charge is 2.25. The molecule has 24 heavy (non-hydrogen) atoms. The number of aromatic nitrogens is 1. The van der Waals surface area contributed by atoms with E-state index in [4.69, 9.17) is 10.5 Å². The Labute approximate surface area is 142 Å². The van der Waals surface area contributed by atoms with Crippen LogP contribution in [0.2, 0.25) is 0 Å². The van der Waals surface area contributed by atoms with E-state index in [1.807, 2.05) is 29.2 Å². The van der Waals surface area contributed by atoms with Gasteiger partial charge in [0.1, 0.15) is 11.4 Å². The summed E-state index contributed by atoms with van der Waals surface area (Å²) in [5.41, 5.74) is 7.93. The number of benzene rings is 1. The molecule has 1 atom stereocenters. The van der Waals surface area contributed by atoms with Gasteiger partial charge in [0.15, 0.2) is 0 Å². The van der Waals surface area contributed by atoms with Gasteiger partial charge >= 0.3 is 0 Å². The second-order valence-corrected chi connectivity index (χ2v) is 6.36. The molecule has 1 amide bonds. The van der Waals surface area contributed by atoms with Crippen LogP contribution in [0.5, 0.6) is 5.75 Å². The monoisotopic (exact) mass is 325 g/mol. The molecular weight excluding hydrogens is 302 g/mol. The smallest absolute Gasteiger partial charge is 0.272 e. The number of piperidine rings is 1. The van der Waals surface area contributed by atoms with Crippen LogP contribution in [0.4, 0.5) is 5.69 Å². The largest absolute Gasteiger partial charge is 0.493 e. The fraction of sp³-hybridized carbons (Fsp3) is 0.368. The molecule has 1 aromatic heterocycles. The lowest BCUT2D eigenvalue weighted by Crippen LogP contribution is -2.41. The van der Waals surface area contributed by atoms with E-state index in [1.165, 1.54) is 5.56 Å². The van der Waals surface area contributed by atoms with Gasteiger partial charge in [0.05, 0.1) is 6.61 Å². The van der Waals surface area contributed by atoms with E-state index >= 15 is 0 Å². The number of nitrogens with two attached hydrogens (primary N) is 1. The fourth-order valence-corrected chi connectivity index (χ4v) is 2.96. The Balaban J connectivity index is 1.57. The molecule has 2 aromatic rings. The number of pyridine rings is 1. The van der Waals surface area contributed by atoms with E-state index in [9.17, 15) is 4.79 Å². The molecule has 2 heterocycles. The maximum Gasteiger partial charge on any atom is 0.272 e. The summed E-state index contributed by atoms with van der Waals surface area (Å²) in [4.78, 5) is 18.6. The Morgan fingerprint density at radius 1 is 1.33 bits per heavy atom. The lowest BCUT2D eigenvalue weighted by atomic mass is 9.98. The van der Waals surface area contributed by atoms with Crippen LogP contribution in [0.25, 0.3) is 0 Å². The van der Waals surface area contributed by atoms with Gasteiger partial charge in [-0.1, -0.05) is 17.7 Å². The standard InChI is InChI=1S/C19H23N3O2/c1-14-4-6-17(7-5-14)24-13-15-3-2-10-22(12-15)19(23)18-11-16(20)8-9-21-18/h4-9,11,15H,2-3,10,12-13H2,1H3,(H2,20,21)/t15-/m1/s1. The SMILES string of the molecule is Cc1ccc(OC[C@@H]2CCCN(C(=O)c3cc(N)ccn3)C2)cc1. The van der Waals surface area contributed by atoms with Crippen molar-refractivity contribution >= 4 is 11.6 Å². The van der Waals surface area contributed by atoms with Crippen LogP contribution < -0.4 is 10.5 Å². The highest BCUT2D eigenvalue weighted by Crippen LogP contribution is 2.20. The maximum absolute atomic E-state index is 12.6. The summed E-state index contributed by atoms with van der Waals surface area (Å²) >= 11 is 0. The number of nitrogen functional groups attached to an aromatic ring is 1. The van der Waals surface area contributed by atoms with Crippen LogP contribution in [0, 0.1) is 12.8 Å². The zero-order valence-corrected chi connectivity index (χ0v) is 13.9. The van der Waals surface area contributed by atoms with Gasteiger partial charge in [0, 0.05) is 30.9 Å². The van der Waals surface area contributed by atoms with Crippen molar-refractivity contribution in [3.63, 3.8) is 0 Å². The molecule has 1 aromatic carbocycles. The molecule has 0 bridgehead atoms. The first kappa shape index (κ1) is 16.3. The highest BCUT2D eigenvalue weighted by molar-refractivity contribution is 5.93. The minimum atomic E-state index is -0.0534. The predicted octanol–water partition coefficient (Wildman–Crippen LogP) is 2.90. The normalized spacial score (nSPS) is 17.5. The number of carbonyl (C=O) groups is 1. The second-order valence-electron chi connectivity index (χ2n) is 6.36. The van der Waals surface area contributed by atoms with E-state index in [0.717, 1.165) is 25.1 Å². The molecule has 0 unspecified atom stereocenters. The molecule has 0 radical (unpaired) electrons. The number of hydrogen-bond acceptors (Lipinski definition) is 4. The van der Waals surface area contributed by atoms with Crippen LogP contribution >= 0.6 is 0 Å². The van der Waals surface area contributed by atoms with Crippen LogP contribution in [0.1, 0.15) is 28.9 Å². The van der Waals surface area contributed by atoms with Gasteiger partial charge in [-0.2, -0.15) is 0 Å². The Hall–Kier alpha value is -2.56. The minimum absolute atomic E-state index is 0.0534. The van der Waals surface area contributed by atoms with Crippen molar-refractivity contribution in [3.8, 4) is 5.75 Å². The molecular formula is C19H23N3O2. The molecule has 1 fully saturated rings. The number of carbonyl (C=O) groups excluding carboxylic acids is 1. The Kier molecular flexibility index (Phi) is 4.99. The van der Waals surface area contributed by atoms with E-state index < -0.39 is 0 Å². The summed E-state index contributed by atoms with van der Waals surface area (Å²) in [6.45, 7) is 4.13. The number of ether oxygens (including phenoxy) is 1. The molecule has 0 aliphatic carbocycles. The molecule has 5 heteroatoms. The van der Waals surface area contributed by atoms with E-state index in [2.05, 4.69) is 11.9 Å². The van der Waals surface area contributed by atoms with Gasteiger partial charge in [-0.05, 0) is 44.0 Å². The summed E-state index contributed by atoms with van der Waals surface area (Å²) in [6, 6.07) is 11.4. The number of rotatable bonds is 4. The number of amides is 1. The number of nitrogens with zero attached hydrogens (tertiary/aromatic N) is 2.